The zero-order valence-electron chi connectivity index (χ0n) is 8.69. The number of hydrogen-bond acceptors (Lipinski definition) is 4. The van der Waals surface area contributed by atoms with Crippen molar-refractivity contribution < 1.29 is 19.6 Å². The van der Waals surface area contributed by atoms with Crippen LogP contribution in [-0.4, -0.2) is 34.0 Å². The minimum atomic E-state index is -1.47. The van der Waals surface area contributed by atoms with Crippen LogP contribution in [0, 0.1) is 10.1 Å². The van der Waals surface area contributed by atoms with Gasteiger partial charge in [-0.1, -0.05) is 12.1 Å². The van der Waals surface area contributed by atoms with Gasteiger partial charge in [-0.15, -0.1) is 12.4 Å². The van der Waals surface area contributed by atoms with Crippen molar-refractivity contribution in [1.29, 1.82) is 0 Å². The van der Waals surface area contributed by atoms with Crippen molar-refractivity contribution in [2.24, 2.45) is 0 Å². The highest BCUT2D eigenvalue weighted by Crippen LogP contribution is 2.18. The summed E-state index contributed by atoms with van der Waals surface area (Å²) in [5.74, 6) is -0.931. The van der Waals surface area contributed by atoms with E-state index in [1.54, 1.807) is 0 Å². The van der Waals surface area contributed by atoms with Gasteiger partial charge in [0.25, 0.3) is 11.6 Å². The van der Waals surface area contributed by atoms with E-state index in [9.17, 15) is 19.7 Å². The summed E-state index contributed by atoms with van der Waals surface area (Å²) in [6.07, 6.45) is -1.47. The predicted octanol–water partition coefficient (Wildman–Crippen LogP) is 1.77. The molecule has 2 amide bonds. The molecule has 92 valence electrons. The molecule has 0 atom stereocenters. The fourth-order valence-electron chi connectivity index (χ4n) is 1.08. The predicted molar refractivity (Wildman–Crippen MR) is 60.5 cm³/mol. The monoisotopic (exact) mass is 260 g/mol. The van der Waals surface area contributed by atoms with Crippen LogP contribution in [-0.2, 0) is 0 Å². The van der Waals surface area contributed by atoms with Gasteiger partial charge in [0, 0.05) is 13.1 Å². The van der Waals surface area contributed by atoms with E-state index in [4.69, 9.17) is 5.11 Å². The Labute approximate surface area is 102 Å². The van der Waals surface area contributed by atoms with Crippen molar-refractivity contribution in [2.75, 3.05) is 7.05 Å². The number of carboxylic acid groups (broad SMARTS) is 1. The molecule has 0 unspecified atom stereocenters. The third kappa shape index (κ3) is 3.15. The molecule has 0 saturated heterocycles. The number of carbonyl (C=O) groups is 2. The van der Waals surface area contributed by atoms with Crippen molar-refractivity contribution in [3.63, 3.8) is 0 Å². The number of amides is 2. The molecule has 0 aliphatic carbocycles. The first kappa shape index (κ1) is 14.8. The Balaban J connectivity index is 0.00000256. The van der Waals surface area contributed by atoms with Crippen LogP contribution in [0.15, 0.2) is 24.3 Å². The summed E-state index contributed by atoms with van der Waals surface area (Å²) in [7, 11) is 1.03. The zero-order valence-corrected chi connectivity index (χ0v) is 9.51. The molecule has 0 aliphatic heterocycles. The second-order valence-electron chi connectivity index (χ2n) is 2.92. The Morgan fingerprint density at radius 3 is 2.35 bits per heavy atom. The minimum absolute atomic E-state index is 0. The van der Waals surface area contributed by atoms with Gasteiger partial charge in [0.05, 0.1) is 4.92 Å². The SMILES string of the molecule is CN(C(=O)O)C(=O)c1ccccc1[N+](=O)[O-].Cl. The summed E-state index contributed by atoms with van der Waals surface area (Å²) in [6, 6.07) is 5.18. The average molecular weight is 261 g/mol. The Kier molecular flexibility index (Phi) is 5.07. The third-order valence-corrected chi connectivity index (χ3v) is 1.92. The van der Waals surface area contributed by atoms with Crippen LogP contribution in [0.4, 0.5) is 10.5 Å². The van der Waals surface area contributed by atoms with E-state index in [-0.39, 0.29) is 18.0 Å². The van der Waals surface area contributed by atoms with Crippen LogP contribution in [0.5, 0.6) is 0 Å². The molecule has 0 fully saturated rings. The summed E-state index contributed by atoms with van der Waals surface area (Å²) in [4.78, 5) is 32.3. The molecule has 17 heavy (non-hydrogen) atoms. The van der Waals surface area contributed by atoms with Gasteiger partial charge < -0.3 is 5.11 Å². The number of rotatable bonds is 2. The Morgan fingerprint density at radius 1 is 1.35 bits per heavy atom. The van der Waals surface area contributed by atoms with Crippen LogP contribution in [0.2, 0.25) is 0 Å². The molecular formula is C9H9ClN2O5. The maximum Gasteiger partial charge on any atom is 0.414 e. The van der Waals surface area contributed by atoms with Crippen LogP contribution < -0.4 is 0 Å². The van der Waals surface area contributed by atoms with E-state index in [0.717, 1.165) is 13.1 Å². The van der Waals surface area contributed by atoms with E-state index < -0.39 is 22.6 Å². The molecule has 1 aromatic rings. The lowest BCUT2D eigenvalue weighted by atomic mass is 10.1. The van der Waals surface area contributed by atoms with E-state index in [1.165, 1.54) is 18.2 Å². The highest BCUT2D eigenvalue weighted by Gasteiger charge is 2.24. The first-order valence-electron chi connectivity index (χ1n) is 4.19. The summed E-state index contributed by atoms with van der Waals surface area (Å²) in [5, 5.41) is 19.2. The van der Waals surface area contributed by atoms with Crippen molar-refractivity contribution in [1.82, 2.24) is 4.90 Å². The van der Waals surface area contributed by atoms with E-state index >= 15 is 0 Å². The molecule has 0 bridgehead atoms. The number of halogens is 1. The molecule has 8 heteroatoms. The van der Waals surface area contributed by atoms with Gasteiger partial charge in [0.15, 0.2) is 0 Å². The standard InChI is InChI=1S/C9H8N2O5.ClH/c1-10(9(13)14)8(12)6-4-2-3-5-7(6)11(15)16;/h2-5H,1H3,(H,13,14);1H. The Bertz CT molecular complexity index is 462. The Morgan fingerprint density at radius 2 is 1.88 bits per heavy atom. The van der Waals surface area contributed by atoms with Gasteiger partial charge in [-0.2, -0.15) is 0 Å². The number of nitro groups is 1. The van der Waals surface area contributed by atoms with E-state index in [2.05, 4.69) is 0 Å². The lowest BCUT2D eigenvalue weighted by Crippen LogP contribution is -2.32. The molecular weight excluding hydrogens is 252 g/mol. The highest BCUT2D eigenvalue weighted by atomic mass is 35.5. The van der Waals surface area contributed by atoms with E-state index in [1.807, 2.05) is 0 Å². The molecule has 0 aromatic heterocycles. The maximum atomic E-state index is 11.6. The van der Waals surface area contributed by atoms with Gasteiger partial charge in [-0.05, 0) is 6.07 Å². The highest BCUT2D eigenvalue weighted by molar-refractivity contribution is 6.04. The van der Waals surface area contributed by atoms with Crippen LogP contribution in [0.1, 0.15) is 10.4 Å². The molecule has 0 spiro atoms. The van der Waals surface area contributed by atoms with Crippen LogP contribution in [0.25, 0.3) is 0 Å². The summed E-state index contributed by atoms with van der Waals surface area (Å²) >= 11 is 0. The summed E-state index contributed by atoms with van der Waals surface area (Å²) in [6.45, 7) is 0. The molecule has 1 aromatic carbocycles. The smallest absolute Gasteiger partial charge is 0.414 e. The molecule has 0 radical (unpaired) electrons. The van der Waals surface area contributed by atoms with Crippen molar-refractivity contribution in [2.45, 2.75) is 0 Å². The second kappa shape index (κ2) is 5.80. The van der Waals surface area contributed by atoms with E-state index in [0.29, 0.717) is 4.90 Å². The molecule has 1 rings (SSSR count). The number of nitrogens with zero attached hydrogens (tertiary/aromatic N) is 2. The third-order valence-electron chi connectivity index (χ3n) is 1.92. The number of nitro benzene ring substituents is 1. The second-order valence-corrected chi connectivity index (χ2v) is 2.92. The first-order chi connectivity index (χ1) is 7.45. The van der Waals surface area contributed by atoms with Gasteiger partial charge in [0.1, 0.15) is 5.56 Å². The fourth-order valence-corrected chi connectivity index (χ4v) is 1.08. The number of carbonyl (C=O) groups excluding carboxylic acids is 1. The van der Waals surface area contributed by atoms with Crippen LogP contribution >= 0.6 is 12.4 Å². The lowest BCUT2D eigenvalue weighted by molar-refractivity contribution is -0.385. The number of hydrogen-bond donors (Lipinski definition) is 1. The zero-order chi connectivity index (χ0) is 12.3. The fraction of sp³-hybridized carbons (Fsp3) is 0.111. The quantitative estimate of drug-likeness (QED) is 0.645. The topological polar surface area (TPSA) is 101 Å². The average Bonchev–Trinajstić information content (AvgIpc) is 2.26. The normalized spacial score (nSPS) is 9.00. The van der Waals surface area contributed by atoms with Crippen LogP contribution in [0.3, 0.4) is 0 Å². The van der Waals surface area contributed by atoms with Crippen molar-refractivity contribution >= 4 is 30.1 Å². The molecule has 0 heterocycles. The lowest BCUT2D eigenvalue weighted by Gasteiger charge is -2.10. The number of para-hydroxylation sites is 1. The van der Waals surface area contributed by atoms with Gasteiger partial charge in [-0.3, -0.25) is 14.9 Å². The largest absolute Gasteiger partial charge is 0.465 e. The maximum absolute atomic E-state index is 11.6. The van der Waals surface area contributed by atoms with Crippen molar-refractivity contribution in [3.05, 3.63) is 39.9 Å². The summed E-state index contributed by atoms with van der Waals surface area (Å²) < 4.78 is 0. The van der Waals surface area contributed by atoms with Gasteiger partial charge in [-0.25, -0.2) is 9.69 Å². The first-order valence-corrected chi connectivity index (χ1v) is 4.19. The molecule has 0 saturated carbocycles. The number of imide groups is 1. The molecule has 1 N–H and O–H groups in total. The molecule has 0 aliphatic rings. The van der Waals surface area contributed by atoms with Gasteiger partial charge in [0.2, 0.25) is 0 Å². The van der Waals surface area contributed by atoms with Gasteiger partial charge >= 0.3 is 6.09 Å². The Hall–Kier alpha value is -2.15. The molecule has 7 nitrogen and oxygen atoms in total. The number of benzene rings is 1. The van der Waals surface area contributed by atoms with Crippen molar-refractivity contribution in [3.8, 4) is 0 Å². The summed E-state index contributed by atoms with van der Waals surface area (Å²) in [5.41, 5.74) is -0.669. The minimum Gasteiger partial charge on any atom is -0.465 e.